The molecule has 2 rings (SSSR count). The number of nitrogens with zero attached hydrogens (tertiary/aromatic N) is 1. The summed E-state index contributed by atoms with van der Waals surface area (Å²) in [4.78, 5) is 4.02. The molecule has 0 N–H and O–H groups in total. The minimum absolute atomic E-state index is 0.404. The number of benzene rings is 1. The monoisotopic (exact) mass is 193 g/mol. The molecule has 66 valence electrons. The molecule has 2 nitrogen and oxygen atoms in total. The Kier molecular flexibility index (Phi) is 2.07. The van der Waals surface area contributed by atoms with Crippen LogP contribution in [-0.4, -0.2) is 12.1 Å². The summed E-state index contributed by atoms with van der Waals surface area (Å²) in [7, 11) is 1.59. The minimum Gasteiger partial charge on any atom is -0.493 e. The molecule has 0 saturated heterocycles. The maximum absolute atomic E-state index is 5.87. The third kappa shape index (κ3) is 1.33. The van der Waals surface area contributed by atoms with Crippen LogP contribution in [0, 0.1) is 0 Å². The van der Waals surface area contributed by atoms with Gasteiger partial charge in [0.15, 0.2) is 10.9 Å². The van der Waals surface area contributed by atoms with Crippen molar-refractivity contribution in [3.8, 4) is 5.75 Å². The van der Waals surface area contributed by atoms with E-state index in [4.69, 9.17) is 16.3 Å². The molecule has 0 radical (unpaired) electrons. The van der Waals surface area contributed by atoms with Crippen LogP contribution in [0.15, 0.2) is 30.5 Å². The van der Waals surface area contributed by atoms with Gasteiger partial charge in [0.25, 0.3) is 0 Å². The molecule has 0 fully saturated rings. The van der Waals surface area contributed by atoms with Crippen molar-refractivity contribution >= 4 is 22.4 Å². The Hall–Kier alpha value is -1.28. The van der Waals surface area contributed by atoms with E-state index in [0.29, 0.717) is 10.9 Å². The van der Waals surface area contributed by atoms with E-state index in [1.165, 1.54) is 0 Å². The predicted octanol–water partition coefficient (Wildman–Crippen LogP) is 2.90. The van der Waals surface area contributed by atoms with Gasteiger partial charge in [-0.25, -0.2) is 4.98 Å². The zero-order valence-corrected chi connectivity index (χ0v) is 7.88. The SMILES string of the molecule is COc1c(Cl)ncc2ccccc12. The van der Waals surface area contributed by atoms with Crippen molar-refractivity contribution in [1.82, 2.24) is 4.98 Å². The van der Waals surface area contributed by atoms with Gasteiger partial charge < -0.3 is 4.74 Å². The normalized spacial score (nSPS) is 10.3. The first-order chi connectivity index (χ1) is 6.33. The highest BCUT2D eigenvalue weighted by Crippen LogP contribution is 2.30. The molecule has 3 heteroatoms. The molecule has 2 aromatic rings. The number of methoxy groups -OCH3 is 1. The van der Waals surface area contributed by atoms with Crippen LogP contribution in [0.5, 0.6) is 5.75 Å². The third-order valence-electron chi connectivity index (χ3n) is 1.91. The number of halogens is 1. The number of hydrogen-bond donors (Lipinski definition) is 0. The summed E-state index contributed by atoms with van der Waals surface area (Å²) in [5.41, 5.74) is 0. The van der Waals surface area contributed by atoms with Gasteiger partial charge in [0, 0.05) is 17.0 Å². The number of aromatic nitrogens is 1. The molecule has 0 aliphatic rings. The van der Waals surface area contributed by atoms with E-state index >= 15 is 0 Å². The Morgan fingerprint density at radius 2 is 2.08 bits per heavy atom. The first-order valence-electron chi connectivity index (χ1n) is 3.90. The average molecular weight is 194 g/mol. The van der Waals surface area contributed by atoms with Crippen LogP contribution in [0.3, 0.4) is 0 Å². The largest absolute Gasteiger partial charge is 0.493 e. The summed E-state index contributed by atoms with van der Waals surface area (Å²) in [5, 5.41) is 2.43. The number of rotatable bonds is 1. The zero-order chi connectivity index (χ0) is 9.26. The van der Waals surface area contributed by atoms with Crippen LogP contribution >= 0.6 is 11.6 Å². The van der Waals surface area contributed by atoms with E-state index in [2.05, 4.69) is 4.98 Å². The quantitative estimate of drug-likeness (QED) is 0.650. The van der Waals surface area contributed by atoms with E-state index in [1.807, 2.05) is 24.3 Å². The van der Waals surface area contributed by atoms with Crippen LogP contribution in [0.4, 0.5) is 0 Å². The van der Waals surface area contributed by atoms with Crippen molar-refractivity contribution in [1.29, 1.82) is 0 Å². The summed E-state index contributed by atoms with van der Waals surface area (Å²) >= 11 is 5.87. The first-order valence-corrected chi connectivity index (χ1v) is 4.28. The van der Waals surface area contributed by atoms with Gasteiger partial charge in [-0.1, -0.05) is 35.9 Å². The molecule has 0 unspecified atom stereocenters. The standard InChI is InChI=1S/C10H8ClNO/c1-13-9-8-5-3-2-4-7(8)6-12-10(9)11/h2-6H,1H3. The first kappa shape index (κ1) is 8.32. The van der Waals surface area contributed by atoms with Crippen LogP contribution in [0.1, 0.15) is 0 Å². The fraction of sp³-hybridized carbons (Fsp3) is 0.100. The minimum atomic E-state index is 0.404. The molecule has 0 atom stereocenters. The molecule has 1 aromatic heterocycles. The van der Waals surface area contributed by atoms with Crippen molar-refractivity contribution in [3.05, 3.63) is 35.6 Å². The topological polar surface area (TPSA) is 22.1 Å². The molecule has 0 aliphatic heterocycles. The molecule has 0 spiro atoms. The van der Waals surface area contributed by atoms with Gasteiger partial charge in [0.1, 0.15) is 0 Å². The Balaban J connectivity index is 2.84. The summed E-state index contributed by atoms with van der Waals surface area (Å²) in [5.74, 6) is 0.639. The zero-order valence-electron chi connectivity index (χ0n) is 7.12. The van der Waals surface area contributed by atoms with Crippen LogP contribution in [0.2, 0.25) is 5.15 Å². The van der Waals surface area contributed by atoms with Gasteiger partial charge in [0.05, 0.1) is 7.11 Å². The Bertz CT molecular complexity index is 442. The molecular formula is C10H8ClNO. The van der Waals surface area contributed by atoms with Gasteiger partial charge in [-0.05, 0) is 0 Å². The average Bonchev–Trinajstić information content (AvgIpc) is 2.18. The van der Waals surface area contributed by atoms with Crippen molar-refractivity contribution in [2.24, 2.45) is 0 Å². The molecule has 13 heavy (non-hydrogen) atoms. The van der Waals surface area contributed by atoms with Crippen LogP contribution in [0.25, 0.3) is 10.8 Å². The van der Waals surface area contributed by atoms with Crippen LogP contribution < -0.4 is 4.74 Å². The molecule has 1 heterocycles. The third-order valence-corrected chi connectivity index (χ3v) is 2.18. The molecule has 0 saturated carbocycles. The van der Waals surface area contributed by atoms with E-state index in [-0.39, 0.29) is 0 Å². The molecule has 0 aliphatic carbocycles. The van der Waals surface area contributed by atoms with E-state index in [9.17, 15) is 0 Å². The lowest BCUT2D eigenvalue weighted by Gasteiger charge is -2.05. The summed E-state index contributed by atoms with van der Waals surface area (Å²) in [6.45, 7) is 0. The number of ether oxygens (including phenoxy) is 1. The van der Waals surface area contributed by atoms with Gasteiger partial charge in [0.2, 0.25) is 0 Å². The second-order valence-electron chi connectivity index (χ2n) is 2.67. The maximum Gasteiger partial charge on any atom is 0.171 e. The Morgan fingerprint density at radius 1 is 1.31 bits per heavy atom. The maximum atomic E-state index is 5.87. The highest BCUT2D eigenvalue weighted by atomic mass is 35.5. The fourth-order valence-corrected chi connectivity index (χ4v) is 1.53. The summed E-state index contributed by atoms with van der Waals surface area (Å²) in [6, 6.07) is 7.83. The van der Waals surface area contributed by atoms with Crippen molar-refractivity contribution in [2.75, 3.05) is 7.11 Å². The number of fused-ring (bicyclic) bond motifs is 1. The predicted molar refractivity (Wildman–Crippen MR) is 53.3 cm³/mol. The lowest BCUT2D eigenvalue weighted by atomic mass is 10.2. The van der Waals surface area contributed by atoms with E-state index < -0.39 is 0 Å². The Labute approximate surface area is 81.1 Å². The number of pyridine rings is 1. The van der Waals surface area contributed by atoms with Gasteiger partial charge in [-0.15, -0.1) is 0 Å². The van der Waals surface area contributed by atoms with Crippen LogP contribution in [-0.2, 0) is 0 Å². The second kappa shape index (κ2) is 3.23. The van der Waals surface area contributed by atoms with Gasteiger partial charge in [-0.2, -0.15) is 0 Å². The smallest absolute Gasteiger partial charge is 0.171 e. The number of hydrogen-bond acceptors (Lipinski definition) is 2. The van der Waals surface area contributed by atoms with Crippen molar-refractivity contribution in [3.63, 3.8) is 0 Å². The molecular weight excluding hydrogens is 186 g/mol. The molecule has 0 amide bonds. The molecule has 1 aromatic carbocycles. The lowest BCUT2D eigenvalue weighted by molar-refractivity contribution is 0.418. The highest BCUT2D eigenvalue weighted by Gasteiger charge is 2.05. The summed E-state index contributed by atoms with van der Waals surface area (Å²) in [6.07, 6.45) is 1.74. The van der Waals surface area contributed by atoms with E-state index in [1.54, 1.807) is 13.3 Å². The fourth-order valence-electron chi connectivity index (χ4n) is 1.31. The second-order valence-corrected chi connectivity index (χ2v) is 3.03. The lowest BCUT2D eigenvalue weighted by Crippen LogP contribution is -1.88. The Morgan fingerprint density at radius 3 is 2.85 bits per heavy atom. The summed E-state index contributed by atoms with van der Waals surface area (Å²) < 4.78 is 5.16. The highest BCUT2D eigenvalue weighted by molar-refractivity contribution is 6.31. The van der Waals surface area contributed by atoms with Gasteiger partial charge >= 0.3 is 0 Å². The van der Waals surface area contributed by atoms with Crippen molar-refractivity contribution < 1.29 is 4.74 Å². The molecule has 0 bridgehead atoms. The van der Waals surface area contributed by atoms with E-state index in [0.717, 1.165) is 10.8 Å². The van der Waals surface area contributed by atoms with Gasteiger partial charge in [-0.3, -0.25) is 0 Å². The van der Waals surface area contributed by atoms with Crippen molar-refractivity contribution in [2.45, 2.75) is 0 Å².